The number of nitrogens with one attached hydrogen (secondary N) is 1. The molecule has 1 N–H and O–H groups in total. The average Bonchev–Trinajstić information content (AvgIpc) is 2.81. The predicted molar refractivity (Wildman–Crippen MR) is 82.2 cm³/mol. The van der Waals surface area contributed by atoms with Crippen molar-refractivity contribution in [2.75, 3.05) is 20.1 Å². The van der Waals surface area contributed by atoms with Crippen LogP contribution >= 0.6 is 28.3 Å². The molecule has 0 aromatic heterocycles. The van der Waals surface area contributed by atoms with Crippen molar-refractivity contribution in [3.63, 3.8) is 0 Å². The van der Waals surface area contributed by atoms with E-state index in [1.165, 1.54) is 22.5 Å². The number of nitrogens with zero attached hydrogens (tertiary/aromatic N) is 1. The third kappa shape index (κ3) is 3.51. The molecule has 1 saturated heterocycles. The Morgan fingerprint density at radius 3 is 2.85 bits per heavy atom. The SMILES string of the molecule is CNCC1CCCN1S(=O)(=O)c1cc(Br)ccc1F.Cl. The van der Waals surface area contributed by atoms with Gasteiger partial charge in [-0.15, -0.1) is 12.4 Å². The van der Waals surface area contributed by atoms with Crippen molar-refractivity contribution in [3.8, 4) is 0 Å². The molecule has 0 aliphatic carbocycles. The standard InChI is InChI=1S/C12H16BrFN2O2S.ClH/c1-15-8-10-3-2-6-16(10)19(17,18)12-7-9(13)4-5-11(12)14;/h4-5,7,10,15H,2-3,6,8H2,1H3;1H. The van der Waals surface area contributed by atoms with Gasteiger partial charge in [0.25, 0.3) is 0 Å². The van der Waals surface area contributed by atoms with Crippen LogP contribution < -0.4 is 5.32 Å². The van der Waals surface area contributed by atoms with Crippen molar-refractivity contribution in [1.82, 2.24) is 9.62 Å². The van der Waals surface area contributed by atoms with Gasteiger partial charge in [0, 0.05) is 23.6 Å². The highest BCUT2D eigenvalue weighted by molar-refractivity contribution is 9.10. The second-order valence-electron chi connectivity index (χ2n) is 4.54. The molecule has 0 radical (unpaired) electrons. The molecular formula is C12H17BrClFN2O2S. The van der Waals surface area contributed by atoms with Crippen LogP contribution in [-0.2, 0) is 10.0 Å². The Morgan fingerprint density at radius 2 is 2.20 bits per heavy atom. The summed E-state index contributed by atoms with van der Waals surface area (Å²) in [4.78, 5) is -0.259. The number of hydrogen-bond acceptors (Lipinski definition) is 3. The molecule has 0 bridgehead atoms. The van der Waals surface area contributed by atoms with E-state index in [1.807, 2.05) is 0 Å². The number of rotatable bonds is 4. The fraction of sp³-hybridized carbons (Fsp3) is 0.500. The molecule has 0 amide bonds. The minimum absolute atomic E-state index is 0. The maximum atomic E-state index is 13.8. The van der Waals surface area contributed by atoms with Gasteiger partial charge in [-0.2, -0.15) is 4.31 Å². The first-order valence-corrected chi connectivity index (χ1v) is 8.31. The molecule has 1 aromatic rings. The molecule has 1 unspecified atom stereocenters. The molecule has 1 aliphatic heterocycles. The number of halogens is 3. The van der Waals surface area contributed by atoms with Gasteiger partial charge in [-0.1, -0.05) is 15.9 Å². The van der Waals surface area contributed by atoms with E-state index in [4.69, 9.17) is 0 Å². The lowest BCUT2D eigenvalue weighted by molar-refractivity contribution is 0.376. The molecule has 1 atom stereocenters. The zero-order chi connectivity index (χ0) is 14.0. The van der Waals surface area contributed by atoms with Crippen LogP contribution in [0.15, 0.2) is 27.6 Å². The Labute approximate surface area is 133 Å². The Morgan fingerprint density at radius 1 is 1.50 bits per heavy atom. The van der Waals surface area contributed by atoms with E-state index < -0.39 is 15.8 Å². The minimum Gasteiger partial charge on any atom is -0.318 e. The van der Waals surface area contributed by atoms with E-state index in [-0.39, 0.29) is 23.3 Å². The molecule has 20 heavy (non-hydrogen) atoms. The summed E-state index contributed by atoms with van der Waals surface area (Å²) in [6, 6.07) is 3.87. The molecule has 114 valence electrons. The average molecular weight is 388 g/mol. The minimum atomic E-state index is -3.77. The van der Waals surface area contributed by atoms with Crippen LogP contribution in [0.3, 0.4) is 0 Å². The molecule has 1 fully saturated rings. The number of sulfonamides is 1. The summed E-state index contributed by atoms with van der Waals surface area (Å²) in [5, 5.41) is 2.98. The lowest BCUT2D eigenvalue weighted by Crippen LogP contribution is -2.41. The highest BCUT2D eigenvalue weighted by atomic mass is 79.9. The molecule has 1 heterocycles. The molecule has 1 aromatic carbocycles. The van der Waals surface area contributed by atoms with Crippen molar-refractivity contribution in [2.45, 2.75) is 23.8 Å². The van der Waals surface area contributed by atoms with E-state index in [2.05, 4.69) is 21.2 Å². The van der Waals surface area contributed by atoms with Crippen LogP contribution in [0.1, 0.15) is 12.8 Å². The highest BCUT2D eigenvalue weighted by Crippen LogP contribution is 2.28. The van der Waals surface area contributed by atoms with Crippen LogP contribution in [0.2, 0.25) is 0 Å². The van der Waals surface area contributed by atoms with Gasteiger partial charge < -0.3 is 5.32 Å². The second-order valence-corrected chi connectivity index (χ2v) is 7.32. The third-order valence-corrected chi connectivity index (χ3v) is 5.70. The van der Waals surface area contributed by atoms with Crippen LogP contribution in [-0.4, -0.2) is 38.9 Å². The predicted octanol–water partition coefficient (Wildman–Crippen LogP) is 2.38. The molecule has 4 nitrogen and oxygen atoms in total. The quantitative estimate of drug-likeness (QED) is 0.863. The van der Waals surface area contributed by atoms with Crippen LogP contribution in [0.5, 0.6) is 0 Å². The van der Waals surface area contributed by atoms with E-state index in [0.717, 1.165) is 12.8 Å². The number of likely N-dealkylation sites (N-methyl/N-ethyl adjacent to an activating group) is 1. The largest absolute Gasteiger partial charge is 0.318 e. The van der Waals surface area contributed by atoms with Crippen molar-refractivity contribution < 1.29 is 12.8 Å². The topological polar surface area (TPSA) is 49.4 Å². The summed E-state index contributed by atoms with van der Waals surface area (Å²) in [5.74, 6) is -0.710. The zero-order valence-corrected chi connectivity index (χ0v) is 14.2. The van der Waals surface area contributed by atoms with Crippen LogP contribution in [0, 0.1) is 5.82 Å². The molecule has 0 spiro atoms. The lowest BCUT2D eigenvalue weighted by atomic mass is 10.2. The molecule has 0 saturated carbocycles. The van der Waals surface area contributed by atoms with Gasteiger partial charge in [-0.25, -0.2) is 12.8 Å². The first-order valence-electron chi connectivity index (χ1n) is 6.08. The first-order chi connectivity index (χ1) is 8.96. The van der Waals surface area contributed by atoms with Crippen molar-refractivity contribution in [3.05, 3.63) is 28.5 Å². The van der Waals surface area contributed by atoms with E-state index in [9.17, 15) is 12.8 Å². The first kappa shape index (κ1) is 17.8. The maximum Gasteiger partial charge on any atom is 0.246 e. The van der Waals surface area contributed by atoms with Gasteiger partial charge in [0.05, 0.1) is 0 Å². The molecule has 2 rings (SSSR count). The fourth-order valence-electron chi connectivity index (χ4n) is 2.37. The Kier molecular flexibility index (Phi) is 6.40. The molecular weight excluding hydrogens is 371 g/mol. The summed E-state index contributed by atoms with van der Waals surface area (Å²) >= 11 is 3.18. The third-order valence-electron chi connectivity index (χ3n) is 3.24. The summed E-state index contributed by atoms with van der Waals surface area (Å²) in [7, 11) is -1.99. The van der Waals surface area contributed by atoms with Crippen molar-refractivity contribution >= 4 is 38.4 Å². The maximum absolute atomic E-state index is 13.8. The Balaban J connectivity index is 0.00000200. The lowest BCUT2D eigenvalue weighted by Gasteiger charge is -2.24. The monoisotopic (exact) mass is 386 g/mol. The summed E-state index contributed by atoms with van der Waals surface area (Å²) in [6.07, 6.45) is 1.61. The van der Waals surface area contributed by atoms with Gasteiger partial charge >= 0.3 is 0 Å². The van der Waals surface area contributed by atoms with E-state index in [0.29, 0.717) is 17.6 Å². The summed E-state index contributed by atoms with van der Waals surface area (Å²) in [5.41, 5.74) is 0. The fourth-order valence-corrected chi connectivity index (χ4v) is 4.66. The van der Waals surface area contributed by atoms with Gasteiger partial charge in [0.15, 0.2) is 0 Å². The van der Waals surface area contributed by atoms with E-state index in [1.54, 1.807) is 7.05 Å². The number of benzene rings is 1. The smallest absolute Gasteiger partial charge is 0.246 e. The van der Waals surface area contributed by atoms with E-state index >= 15 is 0 Å². The Hall–Kier alpha value is -0.210. The van der Waals surface area contributed by atoms with Crippen molar-refractivity contribution in [2.24, 2.45) is 0 Å². The van der Waals surface area contributed by atoms with Gasteiger partial charge in [0.2, 0.25) is 10.0 Å². The zero-order valence-electron chi connectivity index (χ0n) is 11.0. The van der Waals surface area contributed by atoms with Crippen LogP contribution in [0.25, 0.3) is 0 Å². The van der Waals surface area contributed by atoms with Crippen molar-refractivity contribution in [1.29, 1.82) is 0 Å². The van der Waals surface area contributed by atoms with Gasteiger partial charge in [0.1, 0.15) is 10.7 Å². The summed E-state index contributed by atoms with van der Waals surface area (Å²) in [6.45, 7) is 1.02. The van der Waals surface area contributed by atoms with Gasteiger partial charge in [-0.05, 0) is 38.1 Å². The molecule has 8 heteroatoms. The molecule has 1 aliphatic rings. The Bertz CT molecular complexity index is 571. The highest BCUT2D eigenvalue weighted by Gasteiger charge is 2.36. The van der Waals surface area contributed by atoms with Gasteiger partial charge in [-0.3, -0.25) is 0 Å². The number of hydrogen-bond donors (Lipinski definition) is 1. The second kappa shape index (κ2) is 7.17. The summed E-state index contributed by atoms with van der Waals surface area (Å²) < 4.78 is 40.8. The van der Waals surface area contributed by atoms with Crippen LogP contribution in [0.4, 0.5) is 4.39 Å². The normalized spacial score (nSPS) is 19.9.